The number of ether oxygens (including phenoxy) is 1. The summed E-state index contributed by atoms with van der Waals surface area (Å²) in [7, 11) is 0. The highest BCUT2D eigenvalue weighted by Gasteiger charge is 2.19. The van der Waals surface area contributed by atoms with E-state index in [1.54, 1.807) is 24.3 Å². The first-order valence-corrected chi connectivity index (χ1v) is 7.25. The lowest BCUT2D eigenvalue weighted by Crippen LogP contribution is -2.43. The third kappa shape index (κ3) is 5.54. The number of benzene rings is 1. The van der Waals surface area contributed by atoms with E-state index in [2.05, 4.69) is 16.3 Å². The molecule has 0 aliphatic rings. The van der Waals surface area contributed by atoms with Crippen molar-refractivity contribution >= 4 is 11.6 Å². The van der Waals surface area contributed by atoms with E-state index in [1.807, 2.05) is 20.8 Å². The molecule has 0 fully saturated rings. The van der Waals surface area contributed by atoms with Crippen LogP contribution in [0.5, 0.6) is 0 Å². The van der Waals surface area contributed by atoms with Gasteiger partial charge in [-0.25, -0.2) is 0 Å². The number of hydrogen-bond acceptors (Lipinski definition) is 4. The third-order valence-electron chi connectivity index (χ3n) is 3.34. The Bertz CT molecular complexity index is 479. The van der Waals surface area contributed by atoms with Gasteiger partial charge in [0.15, 0.2) is 0 Å². The quantitative estimate of drug-likeness (QED) is 0.745. The van der Waals surface area contributed by atoms with Crippen molar-refractivity contribution in [2.45, 2.75) is 26.8 Å². The summed E-state index contributed by atoms with van der Waals surface area (Å²) in [5.74, 6) is -0.0574. The van der Waals surface area contributed by atoms with Gasteiger partial charge in [0.2, 0.25) is 5.91 Å². The molecular formula is C16H23N3O2. The van der Waals surface area contributed by atoms with Gasteiger partial charge < -0.3 is 10.1 Å². The van der Waals surface area contributed by atoms with Crippen molar-refractivity contribution in [2.75, 3.05) is 31.6 Å². The molecule has 1 amide bonds. The molecule has 0 saturated heterocycles. The molecule has 0 heterocycles. The van der Waals surface area contributed by atoms with Crippen molar-refractivity contribution in [3.8, 4) is 6.07 Å². The molecule has 1 N–H and O–H groups in total. The van der Waals surface area contributed by atoms with Gasteiger partial charge in [-0.3, -0.25) is 9.69 Å². The number of nitrogens with one attached hydrogen (secondary N) is 1. The number of nitriles is 1. The fraction of sp³-hybridized carbons (Fsp3) is 0.500. The summed E-state index contributed by atoms with van der Waals surface area (Å²) in [6, 6.07) is 8.67. The molecule has 1 aromatic rings. The molecule has 114 valence electrons. The molecule has 0 aromatic heterocycles. The second-order valence-electron chi connectivity index (χ2n) is 4.68. The monoisotopic (exact) mass is 289 g/mol. The largest absolute Gasteiger partial charge is 0.380 e. The Kier molecular flexibility index (Phi) is 7.44. The topological polar surface area (TPSA) is 65.4 Å². The summed E-state index contributed by atoms with van der Waals surface area (Å²) in [6.07, 6.45) is 0. The predicted molar refractivity (Wildman–Crippen MR) is 83.0 cm³/mol. The van der Waals surface area contributed by atoms with E-state index in [1.165, 1.54) is 0 Å². The van der Waals surface area contributed by atoms with E-state index >= 15 is 0 Å². The summed E-state index contributed by atoms with van der Waals surface area (Å²) in [5.41, 5.74) is 1.28. The van der Waals surface area contributed by atoms with Crippen LogP contribution in [0.25, 0.3) is 0 Å². The van der Waals surface area contributed by atoms with E-state index < -0.39 is 0 Å². The number of carbonyl (C=O) groups excluding carboxylic acids is 1. The zero-order valence-corrected chi connectivity index (χ0v) is 12.9. The van der Waals surface area contributed by atoms with Gasteiger partial charge in [-0.2, -0.15) is 5.26 Å². The van der Waals surface area contributed by atoms with E-state index in [0.717, 1.165) is 13.1 Å². The van der Waals surface area contributed by atoms with Crippen LogP contribution in [0.4, 0.5) is 5.69 Å². The van der Waals surface area contributed by atoms with Crippen molar-refractivity contribution in [1.82, 2.24) is 4.90 Å². The van der Waals surface area contributed by atoms with Crippen LogP contribution >= 0.6 is 0 Å². The van der Waals surface area contributed by atoms with Crippen LogP contribution in [0.3, 0.4) is 0 Å². The minimum absolute atomic E-state index is 0.0574. The number of anilines is 1. The van der Waals surface area contributed by atoms with Gasteiger partial charge in [-0.15, -0.1) is 0 Å². The molecule has 1 aromatic carbocycles. The van der Waals surface area contributed by atoms with Gasteiger partial charge in [0.05, 0.1) is 24.3 Å². The van der Waals surface area contributed by atoms with Gasteiger partial charge in [0.1, 0.15) is 0 Å². The van der Waals surface area contributed by atoms with Crippen LogP contribution < -0.4 is 5.32 Å². The van der Waals surface area contributed by atoms with Crippen LogP contribution in [0.1, 0.15) is 26.3 Å². The fourth-order valence-electron chi connectivity index (χ4n) is 1.99. The van der Waals surface area contributed by atoms with Crippen LogP contribution in [-0.2, 0) is 9.53 Å². The second kappa shape index (κ2) is 9.11. The van der Waals surface area contributed by atoms with Gasteiger partial charge >= 0.3 is 0 Å². The number of nitrogens with zero attached hydrogens (tertiary/aromatic N) is 2. The number of likely N-dealkylation sites (N-methyl/N-ethyl adjacent to an activating group) is 1. The normalized spacial score (nSPS) is 12.0. The zero-order valence-electron chi connectivity index (χ0n) is 12.9. The lowest BCUT2D eigenvalue weighted by Gasteiger charge is -2.26. The molecule has 0 bridgehead atoms. The van der Waals surface area contributed by atoms with E-state index in [0.29, 0.717) is 24.5 Å². The van der Waals surface area contributed by atoms with Gasteiger partial charge in [0.25, 0.3) is 0 Å². The minimum Gasteiger partial charge on any atom is -0.380 e. The molecule has 21 heavy (non-hydrogen) atoms. The first kappa shape index (κ1) is 17.2. The van der Waals surface area contributed by atoms with E-state index in [9.17, 15) is 4.79 Å². The van der Waals surface area contributed by atoms with Gasteiger partial charge in [-0.1, -0.05) is 6.92 Å². The maximum Gasteiger partial charge on any atom is 0.241 e. The first-order valence-electron chi connectivity index (χ1n) is 7.25. The average Bonchev–Trinajstić information content (AvgIpc) is 2.51. The average molecular weight is 289 g/mol. The van der Waals surface area contributed by atoms with Crippen LogP contribution in [0.15, 0.2) is 24.3 Å². The summed E-state index contributed by atoms with van der Waals surface area (Å²) in [4.78, 5) is 14.3. The summed E-state index contributed by atoms with van der Waals surface area (Å²) in [6.45, 7) is 8.69. The van der Waals surface area contributed by atoms with Crippen LogP contribution in [0, 0.1) is 11.3 Å². The Balaban J connectivity index is 2.57. The van der Waals surface area contributed by atoms with Crippen LogP contribution in [-0.4, -0.2) is 43.2 Å². The summed E-state index contributed by atoms with van der Waals surface area (Å²) in [5, 5.41) is 11.6. The standard InChI is InChI=1S/C16H23N3O2/c1-4-19(10-11-21-5-2)13(3)16(20)18-15-8-6-14(12-17)7-9-15/h6-9,13H,4-5,10-11H2,1-3H3,(H,18,20). The molecule has 1 atom stereocenters. The molecule has 5 heteroatoms. The molecule has 5 nitrogen and oxygen atoms in total. The third-order valence-corrected chi connectivity index (χ3v) is 3.34. The van der Waals surface area contributed by atoms with Crippen molar-refractivity contribution < 1.29 is 9.53 Å². The summed E-state index contributed by atoms with van der Waals surface area (Å²) < 4.78 is 5.34. The van der Waals surface area contributed by atoms with Crippen LogP contribution in [0.2, 0.25) is 0 Å². The Morgan fingerprint density at radius 3 is 2.57 bits per heavy atom. The number of hydrogen-bond donors (Lipinski definition) is 1. The molecule has 0 radical (unpaired) electrons. The van der Waals surface area contributed by atoms with E-state index in [-0.39, 0.29) is 11.9 Å². The molecule has 0 saturated carbocycles. The van der Waals surface area contributed by atoms with Gasteiger partial charge in [-0.05, 0) is 44.7 Å². The van der Waals surface area contributed by atoms with E-state index in [4.69, 9.17) is 10.00 Å². The lowest BCUT2D eigenvalue weighted by atomic mass is 10.2. The number of carbonyl (C=O) groups is 1. The predicted octanol–water partition coefficient (Wildman–Crippen LogP) is 2.24. The minimum atomic E-state index is -0.230. The maximum atomic E-state index is 12.2. The molecular weight excluding hydrogens is 266 g/mol. The molecule has 1 unspecified atom stereocenters. The summed E-state index contributed by atoms with van der Waals surface area (Å²) >= 11 is 0. The van der Waals surface area contributed by atoms with Crippen molar-refractivity contribution in [1.29, 1.82) is 5.26 Å². The zero-order chi connectivity index (χ0) is 15.7. The van der Waals surface area contributed by atoms with Crippen molar-refractivity contribution in [3.63, 3.8) is 0 Å². The maximum absolute atomic E-state index is 12.2. The number of amides is 1. The van der Waals surface area contributed by atoms with Crippen molar-refractivity contribution in [3.05, 3.63) is 29.8 Å². The second-order valence-corrected chi connectivity index (χ2v) is 4.68. The Morgan fingerprint density at radius 1 is 1.38 bits per heavy atom. The van der Waals surface area contributed by atoms with Crippen molar-refractivity contribution in [2.24, 2.45) is 0 Å². The highest BCUT2D eigenvalue weighted by molar-refractivity contribution is 5.94. The molecule has 0 aliphatic carbocycles. The fourth-order valence-corrected chi connectivity index (χ4v) is 1.99. The highest BCUT2D eigenvalue weighted by atomic mass is 16.5. The number of rotatable bonds is 8. The molecule has 1 rings (SSSR count). The smallest absolute Gasteiger partial charge is 0.241 e. The molecule has 0 aliphatic heterocycles. The Hall–Kier alpha value is -1.90. The van der Waals surface area contributed by atoms with Gasteiger partial charge in [0, 0.05) is 18.8 Å². The highest BCUT2D eigenvalue weighted by Crippen LogP contribution is 2.10. The Morgan fingerprint density at radius 2 is 2.05 bits per heavy atom. The lowest BCUT2D eigenvalue weighted by molar-refractivity contribution is -0.120. The molecule has 0 spiro atoms. The SMILES string of the molecule is CCOCCN(CC)C(C)C(=O)Nc1ccc(C#N)cc1. The first-order chi connectivity index (χ1) is 10.1. The Labute approximate surface area is 126 Å².